The minimum atomic E-state index is -0.174. The first kappa shape index (κ1) is 21.6. The second-order valence-corrected chi connectivity index (χ2v) is 7.91. The molecule has 0 saturated carbocycles. The lowest BCUT2D eigenvalue weighted by Gasteiger charge is -2.33. The van der Waals surface area contributed by atoms with Crippen LogP contribution in [0.3, 0.4) is 0 Å². The molecule has 1 saturated heterocycles. The van der Waals surface area contributed by atoms with Crippen LogP contribution in [0.5, 0.6) is 11.5 Å². The molecule has 9 nitrogen and oxygen atoms in total. The molecule has 32 heavy (non-hydrogen) atoms. The number of carbonyl (C=O) groups excluding carboxylic acids is 1. The van der Waals surface area contributed by atoms with Crippen molar-refractivity contribution in [1.29, 1.82) is 0 Å². The number of hydrogen-bond acceptors (Lipinski definition) is 7. The SMILES string of the molecule is COc1ccc(OC)c(NC(=O)C2CCCN(c3cc(-n4nc(C)cc4C)ncn3)C2)c1. The van der Waals surface area contributed by atoms with Crippen LogP contribution in [0, 0.1) is 19.8 Å². The number of aryl methyl sites for hydroxylation is 2. The number of hydrogen-bond donors (Lipinski definition) is 1. The summed E-state index contributed by atoms with van der Waals surface area (Å²) >= 11 is 0. The Balaban J connectivity index is 1.50. The van der Waals surface area contributed by atoms with Gasteiger partial charge in [0.15, 0.2) is 5.82 Å². The number of ether oxygens (including phenoxy) is 2. The van der Waals surface area contributed by atoms with Crippen molar-refractivity contribution in [1.82, 2.24) is 19.7 Å². The molecule has 1 aliphatic heterocycles. The van der Waals surface area contributed by atoms with E-state index in [4.69, 9.17) is 9.47 Å². The van der Waals surface area contributed by atoms with Gasteiger partial charge in [0.05, 0.1) is 31.5 Å². The molecule has 3 heterocycles. The average molecular weight is 437 g/mol. The molecule has 1 fully saturated rings. The second-order valence-electron chi connectivity index (χ2n) is 7.91. The first-order valence-electron chi connectivity index (χ1n) is 10.6. The van der Waals surface area contributed by atoms with Crippen LogP contribution < -0.4 is 19.7 Å². The predicted molar refractivity (Wildman–Crippen MR) is 122 cm³/mol. The van der Waals surface area contributed by atoms with Gasteiger partial charge in [0.1, 0.15) is 23.6 Å². The highest BCUT2D eigenvalue weighted by molar-refractivity contribution is 5.94. The molecule has 2 aromatic heterocycles. The lowest BCUT2D eigenvalue weighted by molar-refractivity contribution is -0.120. The van der Waals surface area contributed by atoms with E-state index in [1.54, 1.807) is 38.7 Å². The van der Waals surface area contributed by atoms with Crippen molar-refractivity contribution in [3.8, 4) is 17.3 Å². The number of nitrogens with zero attached hydrogens (tertiary/aromatic N) is 5. The zero-order valence-electron chi connectivity index (χ0n) is 18.8. The van der Waals surface area contributed by atoms with Gasteiger partial charge in [-0.3, -0.25) is 4.79 Å². The summed E-state index contributed by atoms with van der Waals surface area (Å²) in [5, 5.41) is 7.52. The Morgan fingerprint density at radius 3 is 2.62 bits per heavy atom. The quantitative estimate of drug-likeness (QED) is 0.634. The lowest BCUT2D eigenvalue weighted by atomic mass is 9.97. The Labute approximate surface area is 187 Å². The maximum atomic E-state index is 13.1. The van der Waals surface area contributed by atoms with Gasteiger partial charge in [-0.05, 0) is 44.9 Å². The fourth-order valence-corrected chi connectivity index (χ4v) is 4.03. The zero-order valence-corrected chi connectivity index (χ0v) is 18.8. The summed E-state index contributed by atoms with van der Waals surface area (Å²) in [7, 11) is 3.17. The summed E-state index contributed by atoms with van der Waals surface area (Å²) in [5.74, 6) is 2.54. The normalized spacial score (nSPS) is 16.0. The molecule has 1 unspecified atom stereocenters. The van der Waals surface area contributed by atoms with Crippen molar-refractivity contribution in [2.24, 2.45) is 5.92 Å². The molecular formula is C23H28N6O3. The van der Waals surface area contributed by atoms with Gasteiger partial charge in [-0.15, -0.1) is 0 Å². The highest BCUT2D eigenvalue weighted by Crippen LogP contribution is 2.30. The van der Waals surface area contributed by atoms with E-state index in [-0.39, 0.29) is 11.8 Å². The van der Waals surface area contributed by atoms with E-state index in [2.05, 4.69) is 25.3 Å². The Kier molecular flexibility index (Phi) is 6.25. The summed E-state index contributed by atoms with van der Waals surface area (Å²) in [6, 6.07) is 9.28. The maximum Gasteiger partial charge on any atom is 0.229 e. The van der Waals surface area contributed by atoms with Crippen molar-refractivity contribution in [2.45, 2.75) is 26.7 Å². The molecule has 168 valence electrons. The van der Waals surface area contributed by atoms with Crippen LogP contribution >= 0.6 is 0 Å². The van der Waals surface area contributed by atoms with Gasteiger partial charge in [0.2, 0.25) is 5.91 Å². The molecule has 1 amide bonds. The van der Waals surface area contributed by atoms with Crippen LogP contribution in [0.2, 0.25) is 0 Å². The second kappa shape index (κ2) is 9.25. The molecule has 9 heteroatoms. The number of nitrogens with one attached hydrogen (secondary N) is 1. The smallest absolute Gasteiger partial charge is 0.229 e. The van der Waals surface area contributed by atoms with E-state index in [9.17, 15) is 4.79 Å². The van der Waals surface area contributed by atoms with E-state index in [1.807, 2.05) is 30.7 Å². The van der Waals surface area contributed by atoms with E-state index < -0.39 is 0 Å². The summed E-state index contributed by atoms with van der Waals surface area (Å²) in [5.41, 5.74) is 2.54. The first-order valence-corrected chi connectivity index (χ1v) is 10.6. The molecule has 1 N–H and O–H groups in total. The van der Waals surface area contributed by atoms with Crippen LogP contribution in [-0.4, -0.2) is 53.0 Å². The van der Waals surface area contributed by atoms with Gasteiger partial charge in [-0.2, -0.15) is 5.10 Å². The molecule has 1 aromatic carbocycles. The Hall–Kier alpha value is -3.62. The molecule has 1 atom stereocenters. The van der Waals surface area contributed by atoms with Crippen molar-refractivity contribution < 1.29 is 14.3 Å². The van der Waals surface area contributed by atoms with Crippen LogP contribution in [0.1, 0.15) is 24.2 Å². The summed E-state index contributed by atoms with van der Waals surface area (Å²) in [6.45, 7) is 5.36. The summed E-state index contributed by atoms with van der Waals surface area (Å²) in [6.07, 6.45) is 3.25. The predicted octanol–water partition coefficient (Wildman–Crippen LogP) is 3.15. The number of anilines is 2. The standard InChI is InChI=1S/C23H28N6O3/c1-15-10-16(2)29(27-15)22-12-21(24-14-25-22)28-9-5-6-17(13-28)23(30)26-19-11-18(31-3)7-8-20(19)32-4/h7-8,10-12,14,17H,5-6,9,13H2,1-4H3,(H,26,30). The van der Waals surface area contributed by atoms with E-state index in [0.717, 1.165) is 36.6 Å². The highest BCUT2D eigenvalue weighted by Gasteiger charge is 2.27. The van der Waals surface area contributed by atoms with E-state index in [0.29, 0.717) is 29.5 Å². The zero-order chi connectivity index (χ0) is 22.7. The fraction of sp³-hybridized carbons (Fsp3) is 0.391. The number of rotatable bonds is 6. The average Bonchev–Trinajstić information content (AvgIpc) is 3.17. The Morgan fingerprint density at radius 2 is 1.91 bits per heavy atom. The number of carbonyl (C=O) groups is 1. The first-order chi connectivity index (χ1) is 15.5. The molecule has 0 aliphatic carbocycles. The largest absolute Gasteiger partial charge is 0.497 e. The Morgan fingerprint density at radius 1 is 1.09 bits per heavy atom. The van der Waals surface area contributed by atoms with Gasteiger partial charge in [-0.1, -0.05) is 0 Å². The third-order valence-corrected chi connectivity index (χ3v) is 5.65. The maximum absolute atomic E-state index is 13.1. The minimum absolute atomic E-state index is 0.0471. The number of aromatic nitrogens is 4. The van der Waals surface area contributed by atoms with Crippen LogP contribution in [0.25, 0.3) is 5.82 Å². The monoisotopic (exact) mass is 436 g/mol. The van der Waals surface area contributed by atoms with Crippen molar-refractivity contribution in [3.05, 3.63) is 48.0 Å². The molecular weight excluding hydrogens is 408 g/mol. The van der Waals surface area contributed by atoms with E-state index in [1.165, 1.54) is 0 Å². The van der Waals surface area contributed by atoms with Gasteiger partial charge in [0.25, 0.3) is 0 Å². The van der Waals surface area contributed by atoms with Crippen LogP contribution in [0.15, 0.2) is 36.7 Å². The molecule has 0 bridgehead atoms. The molecule has 3 aromatic rings. The Bertz CT molecular complexity index is 1110. The molecule has 4 rings (SSSR count). The molecule has 0 spiro atoms. The number of piperidine rings is 1. The number of amides is 1. The van der Waals surface area contributed by atoms with Crippen molar-refractivity contribution >= 4 is 17.4 Å². The van der Waals surface area contributed by atoms with Gasteiger partial charge in [0, 0.05) is 30.9 Å². The number of methoxy groups -OCH3 is 2. The van der Waals surface area contributed by atoms with Crippen molar-refractivity contribution in [3.63, 3.8) is 0 Å². The third kappa shape index (κ3) is 4.51. The lowest BCUT2D eigenvalue weighted by Crippen LogP contribution is -2.41. The summed E-state index contributed by atoms with van der Waals surface area (Å²) in [4.78, 5) is 24.0. The molecule has 0 radical (unpaired) electrons. The third-order valence-electron chi connectivity index (χ3n) is 5.65. The van der Waals surface area contributed by atoms with Gasteiger partial charge in [-0.25, -0.2) is 14.6 Å². The number of benzene rings is 1. The van der Waals surface area contributed by atoms with E-state index >= 15 is 0 Å². The van der Waals surface area contributed by atoms with Crippen LogP contribution in [-0.2, 0) is 4.79 Å². The molecule has 1 aliphatic rings. The van der Waals surface area contributed by atoms with Crippen LogP contribution in [0.4, 0.5) is 11.5 Å². The fourth-order valence-electron chi connectivity index (χ4n) is 4.03. The van der Waals surface area contributed by atoms with Gasteiger partial charge >= 0.3 is 0 Å². The van der Waals surface area contributed by atoms with Crippen molar-refractivity contribution in [2.75, 3.05) is 37.5 Å². The topological polar surface area (TPSA) is 94.4 Å². The minimum Gasteiger partial charge on any atom is -0.497 e. The highest BCUT2D eigenvalue weighted by atomic mass is 16.5. The summed E-state index contributed by atoms with van der Waals surface area (Å²) < 4.78 is 12.5. The van der Waals surface area contributed by atoms with Gasteiger partial charge < -0.3 is 19.7 Å².